The van der Waals surface area contributed by atoms with E-state index in [2.05, 4.69) is 9.97 Å². The van der Waals surface area contributed by atoms with Crippen molar-refractivity contribution in [3.05, 3.63) is 41.2 Å². The predicted octanol–water partition coefficient (Wildman–Crippen LogP) is 2.13. The summed E-state index contributed by atoms with van der Waals surface area (Å²) in [5.41, 5.74) is 7.70. The van der Waals surface area contributed by atoms with E-state index in [-0.39, 0.29) is 6.61 Å². The number of benzene rings is 1. The van der Waals surface area contributed by atoms with Gasteiger partial charge < -0.3 is 15.6 Å². The molecule has 0 bridgehead atoms. The van der Waals surface area contributed by atoms with Crippen molar-refractivity contribution in [1.82, 2.24) is 14.4 Å². The normalized spacial score (nSPS) is 11.0. The van der Waals surface area contributed by atoms with Crippen molar-refractivity contribution in [1.29, 1.82) is 0 Å². The first-order chi connectivity index (χ1) is 10.1. The maximum absolute atomic E-state index is 9.54. The van der Waals surface area contributed by atoms with Crippen LogP contribution in [0.3, 0.4) is 0 Å². The van der Waals surface area contributed by atoms with E-state index in [1.54, 1.807) is 35.0 Å². The maximum atomic E-state index is 9.54. The van der Waals surface area contributed by atoms with Crippen LogP contribution in [0.1, 0.15) is 5.56 Å². The van der Waals surface area contributed by atoms with Crippen molar-refractivity contribution in [3.63, 3.8) is 0 Å². The predicted molar refractivity (Wildman–Crippen MR) is 80.3 cm³/mol. The van der Waals surface area contributed by atoms with Crippen LogP contribution in [0.4, 0.5) is 5.82 Å². The smallest absolute Gasteiger partial charge is 0.236 e. The molecule has 7 heteroatoms. The molecule has 0 aliphatic carbocycles. The fourth-order valence-electron chi connectivity index (χ4n) is 2.14. The minimum Gasteiger partial charge on any atom is -0.495 e. The van der Waals surface area contributed by atoms with Crippen LogP contribution < -0.4 is 10.5 Å². The summed E-state index contributed by atoms with van der Waals surface area (Å²) < 4.78 is 6.91. The molecule has 21 heavy (non-hydrogen) atoms. The van der Waals surface area contributed by atoms with Crippen LogP contribution >= 0.6 is 11.6 Å². The van der Waals surface area contributed by atoms with E-state index >= 15 is 0 Å². The van der Waals surface area contributed by atoms with E-state index in [1.807, 2.05) is 0 Å². The number of imidazole rings is 1. The van der Waals surface area contributed by atoms with E-state index < -0.39 is 0 Å². The first kappa shape index (κ1) is 13.7. The molecule has 3 aromatic rings. The number of ether oxygens (including phenoxy) is 1. The van der Waals surface area contributed by atoms with Crippen molar-refractivity contribution in [2.45, 2.75) is 6.61 Å². The Hall–Kier alpha value is -2.31. The number of halogens is 1. The number of aliphatic hydroxyl groups excluding tert-OH is 1. The standard InChI is InChI=1S/C14H13ClN4O2/c1-21-12-4-8(7-20)9(5-10(12)15)11-6-19-3-2-13(16)18-14(19)17-11/h2-6,20H,7H2,1H3,(H2,16,17,18). The highest BCUT2D eigenvalue weighted by molar-refractivity contribution is 6.32. The van der Waals surface area contributed by atoms with Gasteiger partial charge in [-0.05, 0) is 23.8 Å². The molecule has 2 heterocycles. The molecule has 6 nitrogen and oxygen atoms in total. The van der Waals surface area contributed by atoms with Gasteiger partial charge in [0.25, 0.3) is 0 Å². The second-order valence-corrected chi connectivity index (χ2v) is 4.90. The van der Waals surface area contributed by atoms with E-state index in [9.17, 15) is 5.11 Å². The van der Waals surface area contributed by atoms with Crippen molar-refractivity contribution in [2.24, 2.45) is 0 Å². The maximum Gasteiger partial charge on any atom is 0.236 e. The molecule has 0 aliphatic rings. The number of aromatic nitrogens is 3. The number of nitrogen functional groups attached to an aromatic ring is 1. The summed E-state index contributed by atoms with van der Waals surface area (Å²) in [6.07, 6.45) is 3.58. The monoisotopic (exact) mass is 304 g/mol. The van der Waals surface area contributed by atoms with Gasteiger partial charge in [0.1, 0.15) is 11.6 Å². The van der Waals surface area contributed by atoms with Crippen LogP contribution in [0.2, 0.25) is 5.02 Å². The third-order valence-electron chi connectivity index (χ3n) is 3.17. The minimum absolute atomic E-state index is 0.147. The molecule has 0 aliphatic heterocycles. The number of anilines is 1. The van der Waals surface area contributed by atoms with Crippen LogP contribution in [-0.4, -0.2) is 26.6 Å². The lowest BCUT2D eigenvalue weighted by Crippen LogP contribution is -1.94. The number of hydrogen-bond acceptors (Lipinski definition) is 5. The van der Waals surface area contributed by atoms with Crippen molar-refractivity contribution in [2.75, 3.05) is 12.8 Å². The summed E-state index contributed by atoms with van der Waals surface area (Å²) in [5.74, 6) is 1.39. The Bertz CT molecular complexity index is 816. The second kappa shape index (κ2) is 5.23. The molecule has 3 rings (SSSR count). The van der Waals surface area contributed by atoms with E-state index in [4.69, 9.17) is 22.1 Å². The zero-order chi connectivity index (χ0) is 15.0. The highest BCUT2D eigenvalue weighted by Crippen LogP contribution is 2.33. The molecule has 2 aromatic heterocycles. The fraction of sp³-hybridized carbons (Fsp3) is 0.143. The molecule has 0 saturated heterocycles. The van der Waals surface area contributed by atoms with Crippen molar-refractivity contribution < 1.29 is 9.84 Å². The van der Waals surface area contributed by atoms with Gasteiger partial charge in [-0.25, -0.2) is 4.98 Å². The number of hydrogen-bond donors (Lipinski definition) is 2. The molecule has 1 aromatic carbocycles. The zero-order valence-electron chi connectivity index (χ0n) is 11.2. The molecule has 0 amide bonds. The number of fused-ring (bicyclic) bond motifs is 1. The van der Waals surface area contributed by atoms with Gasteiger partial charge in [0.2, 0.25) is 5.78 Å². The van der Waals surface area contributed by atoms with Gasteiger partial charge in [0.05, 0.1) is 24.4 Å². The Labute approximate surface area is 125 Å². The summed E-state index contributed by atoms with van der Waals surface area (Å²) in [5, 5.41) is 9.99. The van der Waals surface area contributed by atoms with E-state index in [0.29, 0.717) is 33.6 Å². The number of nitrogens with two attached hydrogens (primary N) is 1. The summed E-state index contributed by atoms with van der Waals surface area (Å²) in [6.45, 7) is -0.147. The molecular formula is C14H13ClN4O2. The Morgan fingerprint density at radius 3 is 2.90 bits per heavy atom. The quantitative estimate of drug-likeness (QED) is 0.774. The van der Waals surface area contributed by atoms with Gasteiger partial charge in [-0.1, -0.05) is 11.6 Å². The molecule has 108 valence electrons. The molecule has 0 spiro atoms. The SMILES string of the molecule is COc1cc(CO)c(-c2cn3ccc(N)nc3n2)cc1Cl. The second-order valence-electron chi connectivity index (χ2n) is 4.49. The van der Waals surface area contributed by atoms with Crippen molar-refractivity contribution >= 4 is 23.2 Å². The molecule has 0 fully saturated rings. The molecule has 0 unspecified atom stereocenters. The van der Waals surface area contributed by atoms with Gasteiger partial charge in [-0.3, -0.25) is 4.40 Å². The summed E-state index contributed by atoms with van der Waals surface area (Å²) in [4.78, 5) is 8.55. The van der Waals surface area contributed by atoms with Crippen LogP contribution in [0.5, 0.6) is 5.75 Å². The van der Waals surface area contributed by atoms with E-state index in [1.165, 1.54) is 7.11 Å². The summed E-state index contributed by atoms with van der Waals surface area (Å²) in [6, 6.07) is 5.10. The molecule has 3 N–H and O–H groups in total. The van der Waals surface area contributed by atoms with Gasteiger partial charge in [0, 0.05) is 18.0 Å². The number of rotatable bonds is 3. The lowest BCUT2D eigenvalue weighted by molar-refractivity contribution is 0.281. The number of methoxy groups -OCH3 is 1. The third kappa shape index (κ3) is 2.39. The Morgan fingerprint density at radius 1 is 1.38 bits per heavy atom. The summed E-state index contributed by atoms with van der Waals surface area (Å²) >= 11 is 6.16. The average molecular weight is 305 g/mol. The highest BCUT2D eigenvalue weighted by atomic mass is 35.5. The minimum atomic E-state index is -0.147. The first-order valence-electron chi connectivity index (χ1n) is 6.21. The van der Waals surface area contributed by atoms with Crippen LogP contribution in [0.15, 0.2) is 30.6 Å². The van der Waals surface area contributed by atoms with Gasteiger partial charge in [-0.2, -0.15) is 4.98 Å². The Balaban J connectivity index is 2.19. The van der Waals surface area contributed by atoms with Crippen LogP contribution in [0.25, 0.3) is 17.0 Å². The van der Waals surface area contributed by atoms with E-state index in [0.717, 1.165) is 5.56 Å². The van der Waals surface area contributed by atoms with Crippen molar-refractivity contribution in [3.8, 4) is 17.0 Å². The average Bonchev–Trinajstić information content (AvgIpc) is 2.89. The molecule has 0 atom stereocenters. The highest BCUT2D eigenvalue weighted by Gasteiger charge is 2.13. The Kier molecular flexibility index (Phi) is 3.40. The Morgan fingerprint density at radius 2 is 2.19 bits per heavy atom. The first-order valence-corrected chi connectivity index (χ1v) is 6.59. The molecule has 0 radical (unpaired) electrons. The van der Waals surface area contributed by atoms with Crippen LogP contribution in [0, 0.1) is 0 Å². The van der Waals surface area contributed by atoms with Gasteiger partial charge in [-0.15, -0.1) is 0 Å². The van der Waals surface area contributed by atoms with Crippen LogP contribution in [-0.2, 0) is 6.61 Å². The third-order valence-corrected chi connectivity index (χ3v) is 3.47. The largest absolute Gasteiger partial charge is 0.495 e. The lowest BCUT2D eigenvalue weighted by Gasteiger charge is -2.09. The summed E-state index contributed by atoms with van der Waals surface area (Å²) in [7, 11) is 1.53. The number of nitrogens with zero attached hydrogens (tertiary/aromatic N) is 3. The molecular weight excluding hydrogens is 292 g/mol. The lowest BCUT2D eigenvalue weighted by atomic mass is 10.1. The zero-order valence-corrected chi connectivity index (χ0v) is 12.0. The van der Waals surface area contributed by atoms with Gasteiger partial charge >= 0.3 is 0 Å². The molecule has 0 saturated carbocycles. The fourth-order valence-corrected chi connectivity index (χ4v) is 2.38. The number of aliphatic hydroxyl groups is 1. The van der Waals surface area contributed by atoms with Gasteiger partial charge in [0.15, 0.2) is 0 Å². The topological polar surface area (TPSA) is 85.7 Å².